The molecule has 0 radical (unpaired) electrons. The lowest BCUT2D eigenvalue weighted by molar-refractivity contribution is 0.0690. The van der Waals surface area contributed by atoms with Gasteiger partial charge in [-0.25, -0.2) is 14.8 Å². The van der Waals surface area contributed by atoms with Gasteiger partial charge in [0, 0.05) is 28.9 Å². The van der Waals surface area contributed by atoms with Crippen molar-refractivity contribution >= 4 is 22.6 Å². The summed E-state index contributed by atoms with van der Waals surface area (Å²) in [5, 5.41) is 11.7. The van der Waals surface area contributed by atoms with Crippen LogP contribution in [-0.4, -0.2) is 43.3 Å². The first-order valence-electron chi connectivity index (χ1n) is 5.11. The molecule has 7 heteroatoms. The molecular weight excluding hydrogens is 242 g/mol. The van der Waals surface area contributed by atoms with E-state index in [1.807, 2.05) is 6.92 Å². The molecule has 1 aromatic heterocycles. The maximum atomic E-state index is 10.9. The molecule has 0 saturated heterocycles. The largest absolute Gasteiger partial charge is 0.476 e. The Bertz CT molecular complexity index is 408. The quantitative estimate of drug-likeness (QED) is 0.781. The van der Waals surface area contributed by atoms with Gasteiger partial charge in [-0.15, -0.1) is 0 Å². The molecule has 2 N–H and O–H groups in total. The number of carboxylic acid groups (broad SMARTS) is 1. The van der Waals surface area contributed by atoms with Gasteiger partial charge < -0.3 is 10.4 Å². The van der Waals surface area contributed by atoms with Crippen molar-refractivity contribution < 1.29 is 14.1 Å². The van der Waals surface area contributed by atoms with E-state index in [0.29, 0.717) is 11.6 Å². The zero-order valence-corrected chi connectivity index (χ0v) is 10.5. The van der Waals surface area contributed by atoms with Crippen molar-refractivity contribution in [3.63, 3.8) is 0 Å². The predicted molar refractivity (Wildman–Crippen MR) is 65.6 cm³/mol. The van der Waals surface area contributed by atoms with E-state index in [0.717, 1.165) is 6.42 Å². The van der Waals surface area contributed by atoms with Gasteiger partial charge in [0.15, 0.2) is 5.69 Å². The molecule has 2 atom stereocenters. The Labute approximate surface area is 102 Å². The topological polar surface area (TPSA) is 92.2 Å². The Morgan fingerprint density at radius 3 is 2.71 bits per heavy atom. The third kappa shape index (κ3) is 4.90. The maximum Gasteiger partial charge on any atom is 0.356 e. The summed E-state index contributed by atoms with van der Waals surface area (Å²) >= 11 is 0. The van der Waals surface area contributed by atoms with Gasteiger partial charge in [0.1, 0.15) is 5.82 Å². The van der Waals surface area contributed by atoms with Crippen LogP contribution in [0.1, 0.15) is 23.8 Å². The molecule has 0 aliphatic heterocycles. The van der Waals surface area contributed by atoms with Crippen LogP contribution in [0.3, 0.4) is 0 Å². The molecular formula is C10H15N3O3S. The van der Waals surface area contributed by atoms with Gasteiger partial charge in [-0.1, -0.05) is 0 Å². The minimum Gasteiger partial charge on any atom is -0.476 e. The van der Waals surface area contributed by atoms with Gasteiger partial charge in [0.25, 0.3) is 0 Å². The molecule has 0 bridgehead atoms. The summed E-state index contributed by atoms with van der Waals surface area (Å²) in [4.78, 5) is 18.2. The highest BCUT2D eigenvalue weighted by Crippen LogP contribution is 2.05. The molecule has 0 aromatic carbocycles. The number of nitrogens with one attached hydrogen (secondary N) is 1. The van der Waals surface area contributed by atoms with E-state index in [2.05, 4.69) is 15.3 Å². The van der Waals surface area contributed by atoms with Gasteiger partial charge >= 0.3 is 5.97 Å². The van der Waals surface area contributed by atoms with Crippen molar-refractivity contribution in [1.82, 2.24) is 9.97 Å². The second kappa shape index (κ2) is 6.29. The van der Waals surface area contributed by atoms with E-state index in [-0.39, 0.29) is 11.7 Å². The number of carbonyl (C=O) groups is 1. The Balaban J connectivity index is 2.51. The fraction of sp³-hybridized carbons (Fsp3) is 0.500. The fourth-order valence-corrected chi connectivity index (χ4v) is 1.87. The zero-order chi connectivity index (χ0) is 12.8. The maximum absolute atomic E-state index is 10.9. The summed E-state index contributed by atoms with van der Waals surface area (Å²) in [6.07, 6.45) is 5.00. The van der Waals surface area contributed by atoms with Gasteiger partial charge in [-0.05, 0) is 13.3 Å². The molecule has 17 heavy (non-hydrogen) atoms. The Kier molecular flexibility index (Phi) is 5.02. The smallest absolute Gasteiger partial charge is 0.356 e. The molecule has 0 spiro atoms. The lowest BCUT2D eigenvalue weighted by Gasteiger charge is -2.13. The van der Waals surface area contributed by atoms with Crippen LogP contribution in [-0.2, 0) is 10.8 Å². The first-order valence-corrected chi connectivity index (χ1v) is 6.83. The third-order valence-electron chi connectivity index (χ3n) is 2.10. The standard InChI is InChI=1S/C10H15N3O3S/c1-7(3-4-17(2)16)13-9-6-11-8(5-12-9)10(14)15/h5-7H,3-4H2,1-2H3,(H,12,13)(H,14,15). The molecule has 2 unspecified atom stereocenters. The highest BCUT2D eigenvalue weighted by molar-refractivity contribution is 7.84. The molecule has 6 nitrogen and oxygen atoms in total. The Morgan fingerprint density at radius 2 is 2.24 bits per heavy atom. The van der Waals surface area contributed by atoms with Crippen LogP contribution in [0.5, 0.6) is 0 Å². The van der Waals surface area contributed by atoms with Crippen LogP contribution >= 0.6 is 0 Å². The number of aromatic nitrogens is 2. The molecule has 1 rings (SSSR count). The molecule has 1 aromatic rings. The van der Waals surface area contributed by atoms with Crippen molar-refractivity contribution in [3.05, 3.63) is 18.1 Å². The highest BCUT2D eigenvalue weighted by atomic mass is 32.2. The van der Waals surface area contributed by atoms with E-state index < -0.39 is 16.8 Å². The molecule has 0 aliphatic rings. The average molecular weight is 257 g/mol. The number of aromatic carboxylic acids is 1. The van der Waals surface area contributed by atoms with Crippen LogP contribution in [0.15, 0.2) is 12.4 Å². The number of rotatable bonds is 6. The summed E-state index contributed by atoms with van der Waals surface area (Å²) in [7, 11) is -0.808. The third-order valence-corrected chi connectivity index (χ3v) is 2.91. The summed E-state index contributed by atoms with van der Waals surface area (Å²) < 4.78 is 10.9. The summed E-state index contributed by atoms with van der Waals surface area (Å²) in [6.45, 7) is 1.94. The van der Waals surface area contributed by atoms with E-state index >= 15 is 0 Å². The Hall–Kier alpha value is -1.50. The van der Waals surface area contributed by atoms with E-state index in [1.165, 1.54) is 12.4 Å². The normalized spacial score (nSPS) is 14.0. The first-order chi connectivity index (χ1) is 7.99. The van der Waals surface area contributed by atoms with Crippen LogP contribution < -0.4 is 5.32 Å². The van der Waals surface area contributed by atoms with E-state index in [1.54, 1.807) is 6.26 Å². The second-order valence-electron chi connectivity index (χ2n) is 3.70. The zero-order valence-electron chi connectivity index (χ0n) is 9.71. The molecule has 1 heterocycles. The molecule has 0 saturated carbocycles. The minimum atomic E-state index is -1.10. The predicted octanol–water partition coefficient (Wildman–Crippen LogP) is 0.744. The van der Waals surface area contributed by atoms with Crippen molar-refractivity contribution in [2.75, 3.05) is 17.3 Å². The minimum absolute atomic E-state index is 0.0853. The van der Waals surface area contributed by atoms with Crippen LogP contribution in [0.2, 0.25) is 0 Å². The van der Waals surface area contributed by atoms with Crippen molar-refractivity contribution in [2.24, 2.45) is 0 Å². The number of anilines is 1. The van der Waals surface area contributed by atoms with Gasteiger partial charge in [-0.2, -0.15) is 0 Å². The summed E-state index contributed by atoms with van der Waals surface area (Å²) in [5.74, 6) is 0.0392. The summed E-state index contributed by atoms with van der Waals surface area (Å²) in [6, 6.07) is 0.115. The molecule has 94 valence electrons. The van der Waals surface area contributed by atoms with Gasteiger partial charge in [0.2, 0.25) is 0 Å². The number of hydrogen-bond donors (Lipinski definition) is 2. The molecule has 0 amide bonds. The van der Waals surface area contributed by atoms with Crippen molar-refractivity contribution in [3.8, 4) is 0 Å². The van der Waals surface area contributed by atoms with Crippen molar-refractivity contribution in [2.45, 2.75) is 19.4 Å². The first kappa shape index (κ1) is 13.6. The molecule has 0 fully saturated rings. The summed E-state index contributed by atoms with van der Waals surface area (Å²) in [5.41, 5.74) is -0.0853. The second-order valence-corrected chi connectivity index (χ2v) is 5.26. The van der Waals surface area contributed by atoms with Gasteiger partial charge in [-0.3, -0.25) is 4.21 Å². The van der Waals surface area contributed by atoms with Crippen molar-refractivity contribution in [1.29, 1.82) is 0 Å². The lowest BCUT2D eigenvalue weighted by atomic mass is 10.2. The van der Waals surface area contributed by atoms with Crippen LogP contribution in [0, 0.1) is 0 Å². The van der Waals surface area contributed by atoms with E-state index in [9.17, 15) is 9.00 Å². The van der Waals surface area contributed by atoms with Gasteiger partial charge in [0.05, 0.1) is 12.4 Å². The Morgan fingerprint density at radius 1 is 1.53 bits per heavy atom. The SMILES string of the molecule is CC(CCS(C)=O)Nc1cnc(C(=O)O)cn1. The fourth-order valence-electron chi connectivity index (χ4n) is 1.18. The van der Waals surface area contributed by atoms with E-state index in [4.69, 9.17) is 5.11 Å². The number of nitrogens with zero attached hydrogens (tertiary/aromatic N) is 2. The molecule has 0 aliphatic carbocycles. The number of hydrogen-bond acceptors (Lipinski definition) is 5. The number of carboxylic acids is 1. The monoisotopic (exact) mass is 257 g/mol. The lowest BCUT2D eigenvalue weighted by Crippen LogP contribution is -2.19. The van der Waals surface area contributed by atoms with Crippen LogP contribution in [0.4, 0.5) is 5.82 Å². The average Bonchev–Trinajstić information content (AvgIpc) is 2.27. The highest BCUT2D eigenvalue weighted by Gasteiger charge is 2.07. The van der Waals surface area contributed by atoms with Crippen LogP contribution in [0.25, 0.3) is 0 Å².